The molecular formula is C16H12BrNO2. The summed E-state index contributed by atoms with van der Waals surface area (Å²) >= 11 is 3.39. The first kappa shape index (κ1) is 12.9. The molecule has 3 rings (SSSR count). The van der Waals surface area contributed by atoms with E-state index >= 15 is 0 Å². The predicted octanol–water partition coefficient (Wildman–Crippen LogP) is 4.58. The second-order valence-corrected chi connectivity index (χ2v) is 4.99. The summed E-state index contributed by atoms with van der Waals surface area (Å²) in [7, 11) is 0. The Kier molecular flexibility index (Phi) is 3.56. The lowest BCUT2D eigenvalue weighted by Crippen LogP contribution is -2.10. The van der Waals surface area contributed by atoms with Gasteiger partial charge in [0, 0.05) is 16.4 Å². The molecule has 0 aliphatic heterocycles. The first-order valence-electron chi connectivity index (χ1n) is 6.21. The summed E-state index contributed by atoms with van der Waals surface area (Å²) in [6, 6.07) is 17.0. The highest BCUT2D eigenvalue weighted by Gasteiger charge is 2.12. The average Bonchev–Trinajstić information content (AvgIpc) is 2.92. The maximum Gasteiger partial charge on any atom is 0.291 e. The van der Waals surface area contributed by atoms with Crippen LogP contribution in [-0.2, 0) is 5.33 Å². The molecule has 1 amide bonds. The van der Waals surface area contributed by atoms with Crippen LogP contribution in [0, 0.1) is 0 Å². The van der Waals surface area contributed by atoms with E-state index in [1.54, 1.807) is 6.07 Å². The van der Waals surface area contributed by atoms with E-state index in [9.17, 15) is 4.79 Å². The fourth-order valence-electron chi connectivity index (χ4n) is 1.96. The number of hydrogen-bond donors (Lipinski definition) is 1. The van der Waals surface area contributed by atoms with Crippen molar-refractivity contribution in [3.8, 4) is 0 Å². The Hall–Kier alpha value is -2.07. The third kappa shape index (κ3) is 2.60. The molecule has 0 atom stereocenters. The summed E-state index contributed by atoms with van der Waals surface area (Å²) in [5, 5.41) is 4.54. The number of nitrogens with one attached hydrogen (secondary N) is 1. The summed E-state index contributed by atoms with van der Waals surface area (Å²) in [5.41, 5.74) is 2.62. The number of alkyl halides is 1. The standard InChI is InChI=1S/C16H12BrNO2/c17-10-11-5-7-13(8-6-11)18-16(19)15-9-12-3-1-2-4-14(12)20-15/h1-9H,10H2,(H,18,19). The summed E-state index contributed by atoms with van der Waals surface area (Å²) in [5.74, 6) is 0.0727. The van der Waals surface area contributed by atoms with Crippen LogP contribution in [0.1, 0.15) is 16.1 Å². The quantitative estimate of drug-likeness (QED) is 0.714. The minimum absolute atomic E-state index is 0.243. The number of halogens is 1. The Morgan fingerprint density at radius 2 is 1.85 bits per heavy atom. The van der Waals surface area contributed by atoms with Crippen LogP contribution in [0.3, 0.4) is 0 Å². The molecule has 3 nitrogen and oxygen atoms in total. The summed E-state index contributed by atoms with van der Waals surface area (Å²) in [6.45, 7) is 0. The minimum atomic E-state index is -0.243. The lowest BCUT2D eigenvalue weighted by Gasteiger charge is -2.03. The maximum atomic E-state index is 12.1. The number of carbonyl (C=O) groups is 1. The number of fused-ring (bicyclic) bond motifs is 1. The van der Waals surface area contributed by atoms with Crippen molar-refractivity contribution in [3.63, 3.8) is 0 Å². The monoisotopic (exact) mass is 329 g/mol. The molecule has 100 valence electrons. The zero-order chi connectivity index (χ0) is 13.9. The van der Waals surface area contributed by atoms with E-state index in [1.165, 1.54) is 0 Å². The molecule has 0 bridgehead atoms. The molecule has 0 spiro atoms. The Balaban J connectivity index is 1.81. The first-order valence-corrected chi connectivity index (χ1v) is 7.33. The second kappa shape index (κ2) is 5.51. The highest BCUT2D eigenvalue weighted by atomic mass is 79.9. The van der Waals surface area contributed by atoms with Gasteiger partial charge < -0.3 is 9.73 Å². The highest BCUT2D eigenvalue weighted by Crippen LogP contribution is 2.20. The molecule has 4 heteroatoms. The van der Waals surface area contributed by atoms with Gasteiger partial charge in [-0.1, -0.05) is 46.3 Å². The van der Waals surface area contributed by atoms with E-state index in [-0.39, 0.29) is 5.91 Å². The molecule has 1 aromatic heterocycles. The molecule has 0 saturated heterocycles. The summed E-state index contributed by atoms with van der Waals surface area (Å²) in [4.78, 5) is 12.1. The van der Waals surface area contributed by atoms with Crippen molar-refractivity contribution in [2.75, 3.05) is 5.32 Å². The van der Waals surface area contributed by atoms with E-state index in [2.05, 4.69) is 21.2 Å². The zero-order valence-electron chi connectivity index (χ0n) is 10.6. The Labute approximate surface area is 124 Å². The molecule has 1 N–H and O–H groups in total. The molecule has 0 radical (unpaired) electrons. The summed E-state index contributed by atoms with van der Waals surface area (Å²) < 4.78 is 5.53. The Morgan fingerprint density at radius 3 is 2.55 bits per heavy atom. The van der Waals surface area contributed by atoms with Crippen LogP contribution >= 0.6 is 15.9 Å². The Morgan fingerprint density at radius 1 is 1.10 bits per heavy atom. The lowest BCUT2D eigenvalue weighted by atomic mass is 10.2. The SMILES string of the molecule is O=C(Nc1ccc(CBr)cc1)c1cc2ccccc2o1. The number of amides is 1. The van der Waals surface area contributed by atoms with Gasteiger partial charge in [-0.05, 0) is 29.8 Å². The van der Waals surface area contributed by atoms with Gasteiger partial charge in [0.05, 0.1) is 0 Å². The van der Waals surface area contributed by atoms with E-state index < -0.39 is 0 Å². The van der Waals surface area contributed by atoms with Crippen molar-refractivity contribution in [2.24, 2.45) is 0 Å². The van der Waals surface area contributed by atoms with Crippen molar-refractivity contribution in [1.29, 1.82) is 0 Å². The highest BCUT2D eigenvalue weighted by molar-refractivity contribution is 9.08. The molecule has 0 saturated carbocycles. The third-order valence-corrected chi connectivity index (χ3v) is 3.66. The van der Waals surface area contributed by atoms with E-state index in [0.29, 0.717) is 11.3 Å². The van der Waals surface area contributed by atoms with Crippen LogP contribution in [0.5, 0.6) is 0 Å². The van der Waals surface area contributed by atoms with Gasteiger partial charge in [0.2, 0.25) is 0 Å². The Bertz CT molecular complexity index is 714. The van der Waals surface area contributed by atoms with Gasteiger partial charge in [-0.25, -0.2) is 0 Å². The van der Waals surface area contributed by atoms with Gasteiger partial charge in [0.25, 0.3) is 5.91 Å². The number of benzene rings is 2. The molecule has 3 aromatic rings. The molecule has 1 heterocycles. The molecular weight excluding hydrogens is 318 g/mol. The van der Waals surface area contributed by atoms with Crippen molar-refractivity contribution < 1.29 is 9.21 Å². The van der Waals surface area contributed by atoms with Crippen LogP contribution in [0.2, 0.25) is 0 Å². The number of furan rings is 1. The molecule has 0 aliphatic carbocycles. The van der Waals surface area contributed by atoms with E-state index in [1.807, 2.05) is 48.5 Å². The van der Waals surface area contributed by atoms with Gasteiger partial charge in [-0.3, -0.25) is 4.79 Å². The minimum Gasteiger partial charge on any atom is -0.451 e. The number of para-hydroxylation sites is 1. The van der Waals surface area contributed by atoms with Gasteiger partial charge in [-0.2, -0.15) is 0 Å². The van der Waals surface area contributed by atoms with Crippen LogP contribution in [0.25, 0.3) is 11.0 Å². The number of rotatable bonds is 3. The molecule has 0 fully saturated rings. The van der Waals surface area contributed by atoms with E-state index in [4.69, 9.17) is 4.42 Å². The van der Waals surface area contributed by atoms with Gasteiger partial charge in [0.15, 0.2) is 5.76 Å². The lowest BCUT2D eigenvalue weighted by molar-refractivity contribution is 0.0998. The van der Waals surface area contributed by atoms with Crippen LogP contribution in [-0.4, -0.2) is 5.91 Å². The largest absolute Gasteiger partial charge is 0.451 e. The number of hydrogen-bond acceptors (Lipinski definition) is 2. The van der Waals surface area contributed by atoms with Gasteiger partial charge in [0.1, 0.15) is 5.58 Å². The first-order chi connectivity index (χ1) is 9.76. The van der Waals surface area contributed by atoms with Crippen LogP contribution in [0.15, 0.2) is 59.0 Å². The van der Waals surface area contributed by atoms with Crippen molar-refractivity contribution >= 4 is 38.5 Å². The maximum absolute atomic E-state index is 12.1. The molecule has 2 aromatic carbocycles. The van der Waals surface area contributed by atoms with Crippen molar-refractivity contribution in [2.45, 2.75) is 5.33 Å². The average molecular weight is 330 g/mol. The van der Waals surface area contributed by atoms with E-state index in [0.717, 1.165) is 22.0 Å². The van der Waals surface area contributed by atoms with Crippen molar-refractivity contribution in [3.05, 3.63) is 65.9 Å². The fourth-order valence-corrected chi connectivity index (χ4v) is 2.34. The van der Waals surface area contributed by atoms with Gasteiger partial charge in [-0.15, -0.1) is 0 Å². The normalized spacial score (nSPS) is 10.7. The zero-order valence-corrected chi connectivity index (χ0v) is 12.2. The smallest absolute Gasteiger partial charge is 0.291 e. The predicted molar refractivity (Wildman–Crippen MR) is 83.2 cm³/mol. The molecule has 20 heavy (non-hydrogen) atoms. The summed E-state index contributed by atoms with van der Waals surface area (Å²) in [6.07, 6.45) is 0. The topological polar surface area (TPSA) is 42.2 Å². The van der Waals surface area contributed by atoms with Crippen LogP contribution in [0.4, 0.5) is 5.69 Å². The molecule has 0 aliphatic rings. The second-order valence-electron chi connectivity index (χ2n) is 4.43. The molecule has 0 unspecified atom stereocenters. The van der Waals surface area contributed by atoms with Gasteiger partial charge >= 0.3 is 0 Å². The fraction of sp³-hybridized carbons (Fsp3) is 0.0625. The number of carbonyl (C=O) groups excluding carboxylic acids is 1. The van der Waals surface area contributed by atoms with Crippen molar-refractivity contribution in [1.82, 2.24) is 0 Å². The third-order valence-electron chi connectivity index (χ3n) is 3.02. The number of anilines is 1. The van der Waals surface area contributed by atoms with Crippen LogP contribution < -0.4 is 5.32 Å².